The molecule has 1 heterocycles. The molecule has 2 rings (SSSR count). The lowest BCUT2D eigenvalue weighted by atomic mass is 10.1. The second-order valence-corrected chi connectivity index (χ2v) is 3.68. The van der Waals surface area contributed by atoms with E-state index in [1.807, 2.05) is 19.9 Å². The Labute approximate surface area is 89.0 Å². The van der Waals surface area contributed by atoms with Crippen LogP contribution in [0.2, 0.25) is 0 Å². The van der Waals surface area contributed by atoms with Gasteiger partial charge in [-0.15, -0.1) is 0 Å². The van der Waals surface area contributed by atoms with E-state index in [0.29, 0.717) is 0 Å². The lowest BCUT2D eigenvalue weighted by Crippen LogP contribution is -2.04. The molecular weight excluding hydrogens is 188 g/mol. The first-order valence-corrected chi connectivity index (χ1v) is 4.94. The highest BCUT2D eigenvalue weighted by Crippen LogP contribution is 2.17. The number of rotatable bonds is 2. The molecule has 15 heavy (non-hydrogen) atoms. The Bertz CT molecular complexity index is 474. The van der Waals surface area contributed by atoms with Crippen molar-refractivity contribution in [3.63, 3.8) is 0 Å². The summed E-state index contributed by atoms with van der Waals surface area (Å²) < 4.78 is 1.78. The molecule has 0 amide bonds. The fourth-order valence-electron chi connectivity index (χ4n) is 1.62. The Kier molecular flexibility index (Phi) is 2.56. The van der Waals surface area contributed by atoms with Crippen molar-refractivity contribution >= 4 is 0 Å². The molecule has 0 radical (unpaired) electrons. The van der Waals surface area contributed by atoms with Gasteiger partial charge in [0.05, 0.1) is 18.0 Å². The molecule has 3 nitrogen and oxygen atoms in total. The molecule has 78 valence electrons. The van der Waals surface area contributed by atoms with Gasteiger partial charge < -0.3 is 5.11 Å². The van der Waals surface area contributed by atoms with Crippen LogP contribution in [0, 0.1) is 13.8 Å². The van der Waals surface area contributed by atoms with Crippen LogP contribution in [-0.4, -0.2) is 14.9 Å². The summed E-state index contributed by atoms with van der Waals surface area (Å²) in [6, 6.07) is 8.03. The van der Waals surface area contributed by atoms with E-state index in [2.05, 4.69) is 23.3 Å². The van der Waals surface area contributed by atoms with Crippen molar-refractivity contribution in [1.29, 1.82) is 0 Å². The number of hydrogen-bond acceptors (Lipinski definition) is 2. The van der Waals surface area contributed by atoms with Crippen LogP contribution in [0.1, 0.15) is 16.8 Å². The van der Waals surface area contributed by atoms with E-state index in [1.165, 1.54) is 5.56 Å². The zero-order chi connectivity index (χ0) is 10.8. The number of nitrogens with zero attached hydrogens (tertiary/aromatic N) is 2. The predicted octanol–water partition coefficient (Wildman–Crippen LogP) is 1.98. The zero-order valence-electron chi connectivity index (χ0n) is 8.94. The minimum absolute atomic E-state index is 0.00732. The first kappa shape index (κ1) is 9.93. The van der Waals surface area contributed by atoms with Crippen molar-refractivity contribution in [2.24, 2.45) is 0 Å². The molecule has 0 atom stereocenters. The normalized spacial score (nSPS) is 10.6. The van der Waals surface area contributed by atoms with Gasteiger partial charge in [0.2, 0.25) is 0 Å². The summed E-state index contributed by atoms with van der Waals surface area (Å²) in [5, 5.41) is 13.4. The smallest absolute Gasteiger partial charge is 0.0854 e. The van der Waals surface area contributed by atoms with Crippen LogP contribution in [0.15, 0.2) is 30.5 Å². The Morgan fingerprint density at radius 3 is 2.80 bits per heavy atom. The Balaban J connectivity index is 2.58. The van der Waals surface area contributed by atoms with Crippen molar-refractivity contribution < 1.29 is 5.11 Å². The fraction of sp³-hybridized carbons (Fsp3) is 0.250. The lowest BCUT2D eigenvalue weighted by molar-refractivity contribution is 0.273. The maximum absolute atomic E-state index is 9.17. The summed E-state index contributed by atoms with van der Waals surface area (Å²) >= 11 is 0. The van der Waals surface area contributed by atoms with Crippen molar-refractivity contribution in [2.45, 2.75) is 20.5 Å². The quantitative estimate of drug-likeness (QED) is 0.808. The standard InChI is InChI=1S/C12H14N2O/c1-9-3-4-10(2)12(7-9)14-11(8-15)5-6-13-14/h3-7,15H,8H2,1-2H3. The molecule has 0 spiro atoms. The molecule has 1 aromatic heterocycles. The van der Waals surface area contributed by atoms with Gasteiger partial charge in [-0.3, -0.25) is 0 Å². The number of hydrogen-bond donors (Lipinski definition) is 1. The van der Waals surface area contributed by atoms with Crippen molar-refractivity contribution in [3.05, 3.63) is 47.3 Å². The largest absolute Gasteiger partial charge is 0.390 e. The average Bonchev–Trinajstić information content (AvgIpc) is 2.69. The Hall–Kier alpha value is -1.61. The molecule has 0 aliphatic carbocycles. The SMILES string of the molecule is Cc1ccc(C)c(-n2nccc2CO)c1. The van der Waals surface area contributed by atoms with E-state index in [9.17, 15) is 0 Å². The van der Waals surface area contributed by atoms with Gasteiger partial charge in [-0.2, -0.15) is 5.10 Å². The average molecular weight is 202 g/mol. The molecule has 0 unspecified atom stereocenters. The molecule has 0 fully saturated rings. The first-order valence-electron chi connectivity index (χ1n) is 4.94. The van der Waals surface area contributed by atoms with Gasteiger partial charge in [0, 0.05) is 6.20 Å². The van der Waals surface area contributed by atoms with Gasteiger partial charge in [0.15, 0.2) is 0 Å². The predicted molar refractivity (Wildman–Crippen MR) is 59.0 cm³/mol. The topological polar surface area (TPSA) is 38.0 Å². The van der Waals surface area contributed by atoms with E-state index in [-0.39, 0.29) is 6.61 Å². The maximum Gasteiger partial charge on any atom is 0.0854 e. The summed E-state index contributed by atoms with van der Waals surface area (Å²) in [6.45, 7) is 4.09. The third-order valence-electron chi connectivity index (χ3n) is 2.48. The Morgan fingerprint density at radius 2 is 2.07 bits per heavy atom. The molecule has 3 heteroatoms. The Morgan fingerprint density at radius 1 is 1.27 bits per heavy atom. The molecule has 2 aromatic rings. The summed E-state index contributed by atoms with van der Waals surface area (Å²) in [5.41, 5.74) is 4.18. The fourth-order valence-corrected chi connectivity index (χ4v) is 1.62. The van der Waals surface area contributed by atoms with Crippen LogP contribution in [0.5, 0.6) is 0 Å². The first-order chi connectivity index (χ1) is 7.22. The third-order valence-corrected chi connectivity index (χ3v) is 2.48. The van der Waals surface area contributed by atoms with Crippen LogP contribution >= 0.6 is 0 Å². The highest BCUT2D eigenvalue weighted by Gasteiger charge is 2.06. The number of aliphatic hydroxyl groups is 1. The monoisotopic (exact) mass is 202 g/mol. The minimum Gasteiger partial charge on any atom is -0.390 e. The van der Waals surface area contributed by atoms with E-state index in [0.717, 1.165) is 16.9 Å². The van der Waals surface area contributed by atoms with Crippen LogP contribution in [0.25, 0.3) is 5.69 Å². The molecule has 0 bridgehead atoms. The molecule has 1 aromatic carbocycles. The second kappa shape index (κ2) is 3.87. The number of benzene rings is 1. The molecule has 0 aliphatic heterocycles. The molecule has 1 N–H and O–H groups in total. The molecule has 0 saturated carbocycles. The van der Waals surface area contributed by atoms with Gasteiger partial charge >= 0.3 is 0 Å². The summed E-state index contributed by atoms with van der Waals surface area (Å²) in [5.74, 6) is 0. The number of aliphatic hydroxyl groups excluding tert-OH is 1. The third kappa shape index (κ3) is 1.78. The van der Waals surface area contributed by atoms with Crippen LogP contribution in [0.3, 0.4) is 0 Å². The van der Waals surface area contributed by atoms with E-state index in [1.54, 1.807) is 10.9 Å². The summed E-state index contributed by atoms with van der Waals surface area (Å²) in [6.07, 6.45) is 1.70. The summed E-state index contributed by atoms with van der Waals surface area (Å²) in [7, 11) is 0. The van der Waals surface area contributed by atoms with Gasteiger partial charge in [-0.05, 0) is 37.1 Å². The molecule has 0 saturated heterocycles. The van der Waals surface area contributed by atoms with Crippen LogP contribution < -0.4 is 0 Å². The second-order valence-electron chi connectivity index (χ2n) is 3.68. The highest BCUT2D eigenvalue weighted by atomic mass is 16.3. The van der Waals surface area contributed by atoms with Gasteiger partial charge in [0.1, 0.15) is 0 Å². The summed E-state index contributed by atoms with van der Waals surface area (Å²) in [4.78, 5) is 0. The van der Waals surface area contributed by atoms with Gasteiger partial charge in [-0.1, -0.05) is 12.1 Å². The minimum atomic E-state index is 0.00732. The van der Waals surface area contributed by atoms with Crippen molar-refractivity contribution in [2.75, 3.05) is 0 Å². The zero-order valence-corrected chi connectivity index (χ0v) is 8.94. The number of aromatic nitrogens is 2. The molecular formula is C12H14N2O. The van der Waals surface area contributed by atoms with Gasteiger partial charge in [-0.25, -0.2) is 4.68 Å². The number of aryl methyl sites for hydroxylation is 2. The van der Waals surface area contributed by atoms with Crippen LogP contribution in [0.4, 0.5) is 0 Å². The van der Waals surface area contributed by atoms with E-state index < -0.39 is 0 Å². The van der Waals surface area contributed by atoms with E-state index >= 15 is 0 Å². The highest BCUT2D eigenvalue weighted by molar-refractivity contribution is 5.43. The molecule has 0 aliphatic rings. The maximum atomic E-state index is 9.17. The van der Waals surface area contributed by atoms with E-state index in [4.69, 9.17) is 5.11 Å². The van der Waals surface area contributed by atoms with Crippen molar-refractivity contribution in [3.8, 4) is 5.69 Å². The van der Waals surface area contributed by atoms with Crippen molar-refractivity contribution in [1.82, 2.24) is 9.78 Å². The lowest BCUT2D eigenvalue weighted by Gasteiger charge is -2.09. The van der Waals surface area contributed by atoms with Crippen LogP contribution in [-0.2, 0) is 6.61 Å². The van der Waals surface area contributed by atoms with Gasteiger partial charge in [0.25, 0.3) is 0 Å².